The second-order valence-electron chi connectivity index (χ2n) is 7.01. The monoisotopic (exact) mass is 431 g/mol. The summed E-state index contributed by atoms with van der Waals surface area (Å²) in [5, 5.41) is 5.18. The summed E-state index contributed by atoms with van der Waals surface area (Å²) in [6.07, 6.45) is 2.08. The van der Waals surface area contributed by atoms with Gasteiger partial charge in [-0.05, 0) is 30.7 Å². The van der Waals surface area contributed by atoms with Crippen LogP contribution in [-0.2, 0) is 0 Å². The molecule has 0 radical (unpaired) electrons. The van der Waals surface area contributed by atoms with Crippen LogP contribution in [0, 0.1) is 0 Å². The molecule has 1 N–H and O–H groups in total. The highest BCUT2D eigenvalue weighted by atomic mass is 32.2. The number of carbonyl (C=O) groups is 2. The highest BCUT2D eigenvalue weighted by Crippen LogP contribution is 2.23. The van der Waals surface area contributed by atoms with Gasteiger partial charge in [-0.15, -0.1) is 0 Å². The molecule has 31 heavy (non-hydrogen) atoms. The van der Waals surface area contributed by atoms with Crippen molar-refractivity contribution in [2.75, 3.05) is 12.3 Å². The zero-order valence-corrected chi connectivity index (χ0v) is 17.1. The summed E-state index contributed by atoms with van der Waals surface area (Å²) in [7, 11) is 0. The summed E-state index contributed by atoms with van der Waals surface area (Å²) in [4.78, 5) is 45.9. The summed E-state index contributed by atoms with van der Waals surface area (Å²) in [6, 6.07) is 16.3. The zero-order valence-electron chi connectivity index (χ0n) is 16.3. The molecule has 4 aromatic rings. The van der Waals surface area contributed by atoms with Gasteiger partial charge in [0.05, 0.1) is 23.0 Å². The zero-order chi connectivity index (χ0) is 21.4. The predicted molar refractivity (Wildman–Crippen MR) is 117 cm³/mol. The second-order valence-corrected chi connectivity index (χ2v) is 8.09. The summed E-state index contributed by atoms with van der Waals surface area (Å²) in [5.74, 6) is 0.0667. The van der Waals surface area contributed by atoms with Crippen molar-refractivity contribution in [2.45, 2.75) is 11.6 Å². The van der Waals surface area contributed by atoms with Gasteiger partial charge in [0.15, 0.2) is 10.8 Å². The fourth-order valence-corrected chi connectivity index (χ4v) is 4.34. The largest absolute Gasteiger partial charge is 0.301 e. The summed E-state index contributed by atoms with van der Waals surface area (Å²) in [5.41, 5.74) is 1.95. The Morgan fingerprint density at radius 3 is 2.29 bits per heavy atom. The minimum Gasteiger partial charge on any atom is -0.301 e. The third-order valence-corrected chi connectivity index (χ3v) is 6.02. The number of imide groups is 1. The third-order valence-electron chi connectivity index (χ3n) is 5.06. The molecule has 0 fully saturated rings. The number of carbonyl (C=O) groups excluding carboxylic acids is 2. The molecule has 154 valence electrons. The maximum atomic E-state index is 12.4. The average Bonchev–Trinajstić information content (AvgIpc) is 3.33. The molecule has 8 nitrogen and oxygen atoms in total. The Balaban J connectivity index is 1.28. The van der Waals surface area contributed by atoms with Crippen molar-refractivity contribution in [2.24, 2.45) is 0 Å². The standard InChI is InChI=1S/C22H17N5O3S/c28-19-17-13-23-27(14-7-2-1-3-8-14)18(17)24-22(25-19)31-12-6-11-26-20(29)15-9-4-5-10-16(15)21(26)30/h1-5,7-10,13H,6,11-12H2,(H,24,25,28). The smallest absolute Gasteiger partial charge is 0.262 e. The van der Waals surface area contributed by atoms with Gasteiger partial charge >= 0.3 is 0 Å². The fraction of sp³-hybridized carbons (Fsp3) is 0.136. The van der Waals surface area contributed by atoms with E-state index in [0.29, 0.717) is 46.0 Å². The molecule has 9 heteroatoms. The van der Waals surface area contributed by atoms with E-state index < -0.39 is 0 Å². The van der Waals surface area contributed by atoms with Crippen LogP contribution in [-0.4, -0.2) is 48.8 Å². The van der Waals surface area contributed by atoms with Crippen molar-refractivity contribution in [1.82, 2.24) is 24.6 Å². The SMILES string of the molecule is O=C1c2ccccc2C(=O)N1CCCSc1nc2c(cnn2-c2ccccc2)c(=O)[nH]1. The molecule has 0 atom stereocenters. The van der Waals surface area contributed by atoms with Crippen LogP contribution in [0.2, 0.25) is 0 Å². The van der Waals surface area contributed by atoms with E-state index in [1.165, 1.54) is 22.9 Å². The van der Waals surface area contributed by atoms with E-state index in [0.717, 1.165) is 5.69 Å². The average molecular weight is 431 g/mol. The molecule has 2 amide bonds. The molecule has 0 unspecified atom stereocenters. The topological polar surface area (TPSA) is 101 Å². The lowest BCUT2D eigenvalue weighted by Gasteiger charge is -2.13. The molecule has 0 saturated heterocycles. The Morgan fingerprint density at radius 1 is 0.903 bits per heavy atom. The van der Waals surface area contributed by atoms with Crippen LogP contribution >= 0.6 is 11.8 Å². The number of para-hydroxylation sites is 1. The van der Waals surface area contributed by atoms with E-state index in [1.807, 2.05) is 30.3 Å². The van der Waals surface area contributed by atoms with Gasteiger partial charge in [-0.1, -0.05) is 42.1 Å². The van der Waals surface area contributed by atoms with Crippen LogP contribution in [0.3, 0.4) is 0 Å². The number of rotatable bonds is 6. The number of thioether (sulfide) groups is 1. The summed E-state index contributed by atoms with van der Waals surface area (Å²) < 4.78 is 1.63. The fourth-order valence-electron chi connectivity index (χ4n) is 3.56. The number of aromatic amines is 1. The lowest BCUT2D eigenvalue weighted by molar-refractivity contribution is 0.0655. The number of benzene rings is 2. The number of nitrogens with one attached hydrogen (secondary N) is 1. The molecule has 3 heterocycles. The van der Waals surface area contributed by atoms with E-state index in [-0.39, 0.29) is 17.4 Å². The van der Waals surface area contributed by atoms with Crippen LogP contribution in [0.15, 0.2) is 70.7 Å². The lowest BCUT2D eigenvalue weighted by atomic mass is 10.1. The van der Waals surface area contributed by atoms with Crippen molar-refractivity contribution in [1.29, 1.82) is 0 Å². The Morgan fingerprint density at radius 2 is 1.58 bits per heavy atom. The van der Waals surface area contributed by atoms with Gasteiger partial charge in [0.25, 0.3) is 17.4 Å². The number of H-pyrrole nitrogens is 1. The number of nitrogens with zero attached hydrogens (tertiary/aromatic N) is 4. The van der Waals surface area contributed by atoms with Crippen molar-refractivity contribution in [3.8, 4) is 5.69 Å². The first-order valence-corrected chi connectivity index (χ1v) is 10.7. The minimum absolute atomic E-state index is 0.255. The van der Waals surface area contributed by atoms with Gasteiger partial charge in [-0.2, -0.15) is 5.10 Å². The van der Waals surface area contributed by atoms with Crippen molar-refractivity contribution in [3.63, 3.8) is 0 Å². The number of hydrogen-bond acceptors (Lipinski definition) is 6. The maximum Gasteiger partial charge on any atom is 0.262 e. The van der Waals surface area contributed by atoms with E-state index in [4.69, 9.17) is 0 Å². The molecule has 5 rings (SSSR count). The Bertz CT molecular complexity index is 1330. The number of hydrogen-bond donors (Lipinski definition) is 1. The van der Waals surface area contributed by atoms with E-state index in [1.54, 1.807) is 28.9 Å². The molecule has 0 aliphatic carbocycles. The first-order chi connectivity index (χ1) is 15.1. The van der Waals surface area contributed by atoms with Crippen molar-refractivity contribution >= 4 is 34.6 Å². The quantitative estimate of drug-likeness (QED) is 0.218. The Kier molecular flexibility index (Phi) is 4.87. The summed E-state index contributed by atoms with van der Waals surface area (Å²) >= 11 is 1.37. The van der Waals surface area contributed by atoms with E-state index in [2.05, 4.69) is 15.1 Å². The van der Waals surface area contributed by atoms with E-state index >= 15 is 0 Å². The van der Waals surface area contributed by atoms with Gasteiger partial charge in [-0.3, -0.25) is 19.3 Å². The van der Waals surface area contributed by atoms with Gasteiger partial charge < -0.3 is 4.98 Å². The number of amides is 2. The molecule has 0 saturated carbocycles. The molecule has 2 aromatic heterocycles. The van der Waals surface area contributed by atoms with Gasteiger partial charge in [0.2, 0.25) is 0 Å². The molecule has 0 spiro atoms. The van der Waals surface area contributed by atoms with Crippen LogP contribution in [0.25, 0.3) is 16.7 Å². The Hall–Kier alpha value is -3.72. The van der Waals surface area contributed by atoms with E-state index in [9.17, 15) is 14.4 Å². The van der Waals surface area contributed by atoms with Crippen molar-refractivity contribution in [3.05, 3.63) is 82.3 Å². The highest BCUT2D eigenvalue weighted by Gasteiger charge is 2.34. The molecule has 1 aliphatic heterocycles. The predicted octanol–water partition coefficient (Wildman–Crippen LogP) is 2.89. The summed E-state index contributed by atoms with van der Waals surface area (Å²) in [6.45, 7) is 0.313. The highest BCUT2D eigenvalue weighted by molar-refractivity contribution is 7.99. The number of fused-ring (bicyclic) bond motifs is 2. The maximum absolute atomic E-state index is 12.4. The first-order valence-electron chi connectivity index (χ1n) is 9.75. The van der Waals surface area contributed by atoms with Crippen LogP contribution in [0.4, 0.5) is 0 Å². The van der Waals surface area contributed by atoms with Gasteiger partial charge in [0.1, 0.15) is 5.39 Å². The Labute approximate surface area is 180 Å². The normalized spacial score (nSPS) is 13.2. The molecular weight excluding hydrogens is 414 g/mol. The van der Waals surface area contributed by atoms with Crippen molar-refractivity contribution < 1.29 is 9.59 Å². The second kappa shape index (κ2) is 7.84. The molecule has 2 aromatic carbocycles. The first kappa shape index (κ1) is 19.3. The van der Waals surface area contributed by atoms with Gasteiger partial charge in [-0.25, -0.2) is 9.67 Å². The third kappa shape index (κ3) is 3.42. The molecule has 0 bridgehead atoms. The van der Waals surface area contributed by atoms with Crippen LogP contribution < -0.4 is 5.56 Å². The molecular formula is C22H17N5O3S. The lowest BCUT2D eigenvalue weighted by Crippen LogP contribution is -2.31. The molecule has 1 aliphatic rings. The van der Waals surface area contributed by atoms with Crippen LogP contribution in [0.5, 0.6) is 0 Å². The van der Waals surface area contributed by atoms with Gasteiger partial charge in [0, 0.05) is 12.3 Å². The van der Waals surface area contributed by atoms with Crippen LogP contribution in [0.1, 0.15) is 27.1 Å². The minimum atomic E-state index is -0.259. The number of aromatic nitrogens is 4.